The van der Waals surface area contributed by atoms with E-state index in [-0.39, 0.29) is 11.7 Å². The predicted molar refractivity (Wildman–Crippen MR) is 129 cm³/mol. The number of aromatic hydroxyl groups is 1. The number of nitrogens with one attached hydrogen (secondary N) is 1. The Hall–Kier alpha value is -3.12. The van der Waals surface area contributed by atoms with Crippen LogP contribution in [0.4, 0.5) is 0 Å². The van der Waals surface area contributed by atoms with Crippen molar-refractivity contribution >= 4 is 5.91 Å². The number of fused-ring (bicyclic) bond motifs is 1. The van der Waals surface area contributed by atoms with Crippen LogP contribution in [0.25, 0.3) is 5.69 Å². The van der Waals surface area contributed by atoms with Crippen LogP contribution in [0.15, 0.2) is 54.6 Å². The molecular weight excluding hydrogens is 412 g/mol. The molecule has 1 unspecified atom stereocenters. The van der Waals surface area contributed by atoms with E-state index in [2.05, 4.69) is 29.6 Å². The molecule has 5 rings (SSSR count). The van der Waals surface area contributed by atoms with Crippen molar-refractivity contribution in [2.75, 3.05) is 19.6 Å². The first kappa shape index (κ1) is 21.7. The van der Waals surface area contributed by atoms with Gasteiger partial charge in [-0.25, -0.2) is 4.68 Å². The second-order valence-corrected chi connectivity index (χ2v) is 9.19. The minimum Gasteiger partial charge on any atom is -0.508 e. The van der Waals surface area contributed by atoms with Gasteiger partial charge in [-0.15, -0.1) is 0 Å². The van der Waals surface area contributed by atoms with Gasteiger partial charge in [-0.05, 0) is 69.2 Å². The fourth-order valence-electron chi connectivity index (χ4n) is 5.11. The smallest absolute Gasteiger partial charge is 0.274 e. The van der Waals surface area contributed by atoms with Crippen LogP contribution >= 0.6 is 0 Å². The van der Waals surface area contributed by atoms with E-state index in [9.17, 15) is 9.90 Å². The summed E-state index contributed by atoms with van der Waals surface area (Å²) in [6, 6.07) is 18.0. The quantitative estimate of drug-likeness (QED) is 0.605. The van der Waals surface area contributed by atoms with Gasteiger partial charge in [0.2, 0.25) is 0 Å². The molecule has 2 aliphatic rings. The molecule has 0 spiro atoms. The Morgan fingerprint density at radius 2 is 1.88 bits per heavy atom. The van der Waals surface area contributed by atoms with Gasteiger partial charge in [-0.3, -0.25) is 4.79 Å². The first-order chi connectivity index (χ1) is 16.2. The van der Waals surface area contributed by atoms with Crippen LogP contribution < -0.4 is 5.32 Å². The molecule has 1 amide bonds. The lowest BCUT2D eigenvalue weighted by Gasteiger charge is -2.27. The predicted octanol–water partition coefficient (Wildman–Crippen LogP) is 3.89. The molecule has 2 aromatic carbocycles. The van der Waals surface area contributed by atoms with E-state index in [1.807, 2.05) is 27.8 Å². The number of phenols is 1. The molecule has 1 aromatic heterocycles. The number of likely N-dealkylation sites (tertiary alicyclic amines) is 1. The van der Waals surface area contributed by atoms with Crippen LogP contribution in [0, 0.1) is 0 Å². The molecule has 1 aliphatic heterocycles. The van der Waals surface area contributed by atoms with Crippen LogP contribution in [0.2, 0.25) is 0 Å². The van der Waals surface area contributed by atoms with E-state index in [1.54, 1.807) is 12.1 Å². The molecule has 172 valence electrons. The SMILES string of the molecule is O=C(c1nn(-c2cccc(O)c2)c2c1CC(NCCc1ccccc1)CC2)N1CCCCC1. The third-order valence-corrected chi connectivity index (χ3v) is 6.88. The van der Waals surface area contributed by atoms with Crippen LogP contribution in [0.1, 0.15) is 53.0 Å². The van der Waals surface area contributed by atoms with Crippen molar-refractivity contribution < 1.29 is 9.90 Å². The van der Waals surface area contributed by atoms with Crippen molar-refractivity contribution in [3.05, 3.63) is 77.1 Å². The van der Waals surface area contributed by atoms with Crippen molar-refractivity contribution in [2.45, 2.75) is 51.0 Å². The molecule has 33 heavy (non-hydrogen) atoms. The second-order valence-electron chi connectivity index (χ2n) is 9.19. The molecule has 3 aromatic rings. The van der Waals surface area contributed by atoms with Gasteiger partial charge in [0.15, 0.2) is 5.69 Å². The number of benzene rings is 2. The number of carbonyl (C=O) groups excluding carboxylic acids is 1. The molecule has 6 nitrogen and oxygen atoms in total. The van der Waals surface area contributed by atoms with Crippen LogP contribution in [0.5, 0.6) is 5.75 Å². The van der Waals surface area contributed by atoms with Crippen LogP contribution in [0.3, 0.4) is 0 Å². The minimum absolute atomic E-state index is 0.0507. The lowest BCUT2D eigenvalue weighted by Crippen LogP contribution is -2.38. The van der Waals surface area contributed by atoms with Crippen molar-refractivity contribution in [3.63, 3.8) is 0 Å². The highest BCUT2D eigenvalue weighted by Gasteiger charge is 2.32. The maximum Gasteiger partial charge on any atom is 0.274 e. The summed E-state index contributed by atoms with van der Waals surface area (Å²) < 4.78 is 1.88. The summed E-state index contributed by atoms with van der Waals surface area (Å²) in [5, 5.41) is 18.5. The Labute approximate surface area is 195 Å². The Bertz CT molecular complexity index is 1100. The van der Waals surface area contributed by atoms with E-state index < -0.39 is 0 Å². The Morgan fingerprint density at radius 3 is 2.67 bits per heavy atom. The van der Waals surface area contributed by atoms with E-state index in [0.29, 0.717) is 11.7 Å². The lowest BCUT2D eigenvalue weighted by molar-refractivity contribution is 0.0716. The number of hydrogen-bond donors (Lipinski definition) is 2. The number of aromatic nitrogens is 2. The number of nitrogens with zero attached hydrogens (tertiary/aromatic N) is 3. The third kappa shape index (κ3) is 4.81. The maximum absolute atomic E-state index is 13.5. The largest absolute Gasteiger partial charge is 0.508 e. The lowest BCUT2D eigenvalue weighted by atomic mass is 9.90. The highest BCUT2D eigenvalue weighted by Crippen LogP contribution is 2.29. The number of piperidine rings is 1. The monoisotopic (exact) mass is 444 g/mol. The molecule has 1 fully saturated rings. The van der Waals surface area contributed by atoms with Crippen molar-refractivity contribution in [2.24, 2.45) is 0 Å². The fourth-order valence-corrected chi connectivity index (χ4v) is 5.11. The third-order valence-electron chi connectivity index (χ3n) is 6.88. The first-order valence-corrected chi connectivity index (χ1v) is 12.2. The average molecular weight is 445 g/mol. The van der Waals surface area contributed by atoms with Crippen LogP contribution in [-0.2, 0) is 19.3 Å². The molecular formula is C27H32N4O2. The summed E-state index contributed by atoms with van der Waals surface area (Å²) in [7, 11) is 0. The second kappa shape index (κ2) is 9.79. The summed E-state index contributed by atoms with van der Waals surface area (Å²) >= 11 is 0. The molecule has 0 bridgehead atoms. The van der Waals surface area contributed by atoms with Gasteiger partial charge in [-0.2, -0.15) is 5.10 Å². The number of rotatable bonds is 6. The van der Waals surface area contributed by atoms with Crippen LogP contribution in [-0.4, -0.2) is 51.4 Å². The van der Waals surface area contributed by atoms with E-state index in [1.165, 1.54) is 12.0 Å². The van der Waals surface area contributed by atoms with E-state index >= 15 is 0 Å². The Morgan fingerprint density at radius 1 is 1.06 bits per heavy atom. The zero-order valence-electron chi connectivity index (χ0n) is 19.0. The highest BCUT2D eigenvalue weighted by atomic mass is 16.3. The van der Waals surface area contributed by atoms with E-state index in [4.69, 9.17) is 5.10 Å². The maximum atomic E-state index is 13.5. The topological polar surface area (TPSA) is 70.4 Å². The number of amides is 1. The van der Waals surface area contributed by atoms with Crippen molar-refractivity contribution in [1.82, 2.24) is 20.0 Å². The van der Waals surface area contributed by atoms with Gasteiger partial charge < -0.3 is 15.3 Å². The molecule has 2 N–H and O–H groups in total. The average Bonchev–Trinajstić information content (AvgIpc) is 3.24. The van der Waals surface area contributed by atoms with Crippen molar-refractivity contribution in [3.8, 4) is 11.4 Å². The highest BCUT2D eigenvalue weighted by molar-refractivity contribution is 5.94. The van der Waals surface area contributed by atoms with Gasteiger partial charge in [0.25, 0.3) is 5.91 Å². The molecule has 6 heteroatoms. The minimum atomic E-state index is 0.0507. The Balaban J connectivity index is 1.39. The molecule has 1 atom stereocenters. The van der Waals surface area contributed by atoms with Gasteiger partial charge in [0.05, 0.1) is 5.69 Å². The standard InChI is InChI=1S/C27H32N4O2/c32-23-11-7-10-22(19-23)31-25-13-12-21(28-15-14-20-8-3-1-4-9-20)18-24(25)26(29-31)27(33)30-16-5-2-6-17-30/h1,3-4,7-11,19,21,28,32H,2,5-6,12-18H2. The summed E-state index contributed by atoms with van der Waals surface area (Å²) in [5.41, 5.74) is 4.89. The zero-order chi connectivity index (χ0) is 22.6. The van der Waals surface area contributed by atoms with Gasteiger partial charge in [0.1, 0.15) is 5.75 Å². The molecule has 0 saturated carbocycles. The summed E-state index contributed by atoms with van der Waals surface area (Å²) in [6.45, 7) is 2.54. The molecule has 2 heterocycles. The fraction of sp³-hybridized carbons (Fsp3) is 0.407. The molecule has 0 radical (unpaired) electrons. The first-order valence-electron chi connectivity index (χ1n) is 12.2. The number of phenolic OH excluding ortho intramolecular Hbond substituents is 1. The van der Waals surface area contributed by atoms with E-state index in [0.717, 1.165) is 75.1 Å². The van der Waals surface area contributed by atoms with Gasteiger partial charge >= 0.3 is 0 Å². The Kier molecular flexibility index (Phi) is 6.44. The van der Waals surface area contributed by atoms with Crippen molar-refractivity contribution in [1.29, 1.82) is 0 Å². The zero-order valence-corrected chi connectivity index (χ0v) is 19.0. The molecule has 1 saturated heterocycles. The van der Waals surface area contributed by atoms with Gasteiger partial charge in [0, 0.05) is 36.5 Å². The number of hydrogen-bond acceptors (Lipinski definition) is 4. The summed E-state index contributed by atoms with van der Waals surface area (Å²) in [4.78, 5) is 15.4. The normalized spacial score (nSPS) is 18.2. The van der Waals surface area contributed by atoms with Gasteiger partial charge in [-0.1, -0.05) is 36.4 Å². The summed E-state index contributed by atoms with van der Waals surface area (Å²) in [5.74, 6) is 0.256. The number of carbonyl (C=O) groups is 1. The summed E-state index contributed by atoms with van der Waals surface area (Å²) in [6.07, 6.45) is 6.96. The molecule has 1 aliphatic carbocycles.